The van der Waals surface area contributed by atoms with Crippen LogP contribution in [0.15, 0.2) is 6.20 Å². The van der Waals surface area contributed by atoms with Gasteiger partial charge in [-0.2, -0.15) is 0 Å². The maximum Gasteiger partial charge on any atom is 0.179 e. The first-order valence-corrected chi connectivity index (χ1v) is 3.94. The topological polar surface area (TPSA) is 22.0 Å². The summed E-state index contributed by atoms with van der Waals surface area (Å²) in [5.41, 5.74) is 0.719. The van der Waals surface area contributed by atoms with Gasteiger partial charge >= 0.3 is 0 Å². The molecular formula is C9H12FNO. The van der Waals surface area contributed by atoms with E-state index in [0.29, 0.717) is 12.1 Å². The van der Waals surface area contributed by atoms with Gasteiger partial charge in [-0.25, -0.2) is 4.39 Å². The summed E-state index contributed by atoms with van der Waals surface area (Å²) in [6.45, 7) is 5.54. The molecule has 0 unspecified atom stereocenters. The summed E-state index contributed by atoms with van der Waals surface area (Å²) in [5, 5.41) is 0. The molecule has 0 N–H and O–H groups in total. The molecule has 66 valence electrons. The first-order chi connectivity index (χ1) is 5.57. The zero-order chi connectivity index (χ0) is 9.30. The van der Waals surface area contributed by atoms with Gasteiger partial charge in [0, 0.05) is 25.2 Å². The van der Waals surface area contributed by atoms with E-state index in [1.54, 1.807) is 17.7 Å². The first kappa shape index (κ1) is 8.97. The Kier molecular flexibility index (Phi) is 2.31. The van der Waals surface area contributed by atoms with Gasteiger partial charge in [0.15, 0.2) is 11.6 Å². The van der Waals surface area contributed by atoms with Crippen LogP contribution < -0.4 is 0 Å². The molecule has 0 aliphatic carbocycles. The molecule has 0 saturated carbocycles. The predicted molar refractivity (Wildman–Crippen MR) is 44.8 cm³/mol. The molecule has 2 nitrogen and oxygen atoms in total. The summed E-state index contributed by atoms with van der Waals surface area (Å²) in [5.74, 6) is -0.605. The number of hydrogen-bond donors (Lipinski definition) is 0. The molecule has 0 fully saturated rings. The number of Topliss-reactive ketones (excluding diaryl/α,β-unsaturated/α-hetero) is 1. The van der Waals surface area contributed by atoms with Gasteiger partial charge in [0.2, 0.25) is 0 Å². The van der Waals surface area contributed by atoms with Crippen molar-refractivity contribution in [1.82, 2.24) is 4.57 Å². The predicted octanol–water partition coefficient (Wildman–Crippen LogP) is 2.16. The second-order valence-corrected chi connectivity index (χ2v) is 2.82. The van der Waals surface area contributed by atoms with E-state index in [0.717, 1.165) is 0 Å². The van der Waals surface area contributed by atoms with E-state index in [1.165, 1.54) is 6.92 Å². The molecular weight excluding hydrogens is 157 g/mol. The van der Waals surface area contributed by atoms with Crippen molar-refractivity contribution in [2.24, 2.45) is 0 Å². The summed E-state index contributed by atoms with van der Waals surface area (Å²) in [4.78, 5) is 11.0. The number of ketones is 1. The molecule has 0 saturated heterocycles. The van der Waals surface area contributed by atoms with Crippen LogP contribution in [-0.2, 0) is 6.54 Å². The molecule has 1 aromatic heterocycles. The summed E-state index contributed by atoms with van der Waals surface area (Å²) in [6, 6.07) is 0. The van der Waals surface area contributed by atoms with Crippen LogP contribution in [0.1, 0.15) is 29.9 Å². The Balaban J connectivity index is 3.31. The fourth-order valence-electron chi connectivity index (χ4n) is 1.27. The van der Waals surface area contributed by atoms with E-state index >= 15 is 0 Å². The number of aryl methyl sites for hydroxylation is 2. The molecule has 0 radical (unpaired) electrons. The number of nitrogens with zero attached hydrogens (tertiary/aromatic N) is 1. The minimum atomic E-state index is -0.385. The summed E-state index contributed by atoms with van der Waals surface area (Å²) < 4.78 is 14.9. The van der Waals surface area contributed by atoms with Crippen LogP contribution in [0.3, 0.4) is 0 Å². The first-order valence-electron chi connectivity index (χ1n) is 3.94. The third kappa shape index (κ3) is 1.26. The molecule has 1 aromatic rings. The van der Waals surface area contributed by atoms with Crippen molar-refractivity contribution in [1.29, 1.82) is 0 Å². The number of hydrogen-bond acceptors (Lipinski definition) is 1. The molecule has 3 heteroatoms. The highest BCUT2D eigenvalue weighted by Gasteiger charge is 2.15. The van der Waals surface area contributed by atoms with E-state index in [2.05, 4.69) is 0 Å². The molecule has 1 rings (SSSR count). The third-order valence-electron chi connectivity index (χ3n) is 1.86. The summed E-state index contributed by atoms with van der Waals surface area (Å²) in [7, 11) is 0. The van der Waals surface area contributed by atoms with Crippen molar-refractivity contribution in [2.45, 2.75) is 27.3 Å². The van der Waals surface area contributed by atoms with Crippen molar-refractivity contribution in [2.75, 3.05) is 0 Å². The molecule has 12 heavy (non-hydrogen) atoms. The van der Waals surface area contributed by atoms with Gasteiger partial charge in [0.1, 0.15) is 5.69 Å². The largest absolute Gasteiger partial charge is 0.343 e. The number of rotatable bonds is 2. The van der Waals surface area contributed by atoms with Crippen LogP contribution >= 0.6 is 0 Å². The Hall–Kier alpha value is -1.12. The maximum absolute atomic E-state index is 13.2. The fourth-order valence-corrected chi connectivity index (χ4v) is 1.27. The van der Waals surface area contributed by atoms with Crippen molar-refractivity contribution in [3.63, 3.8) is 0 Å². The van der Waals surface area contributed by atoms with E-state index in [9.17, 15) is 9.18 Å². The number of carbonyl (C=O) groups excluding carboxylic acids is 1. The summed E-state index contributed by atoms with van der Waals surface area (Å²) >= 11 is 0. The summed E-state index contributed by atoms with van der Waals surface area (Å²) in [6.07, 6.45) is 1.66. The second kappa shape index (κ2) is 3.09. The van der Waals surface area contributed by atoms with E-state index < -0.39 is 0 Å². The minimum Gasteiger partial charge on any atom is -0.343 e. The van der Waals surface area contributed by atoms with Gasteiger partial charge in [-0.05, 0) is 13.8 Å². The lowest BCUT2D eigenvalue weighted by atomic mass is 10.2. The molecule has 0 amide bonds. The molecule has 0 bridgehead atoms. The monoisotopic (exact) mass is 169 g/mol. The maximum atomic E-state index is 13.2. The van der Waals surface area contributed by atoms with Crippen LogP contribution in [0.2, 0.25) is 0 Å². The average molecular weight is 169 g/mol. The van der Waals surface area contributed by atoms with Gasteiger partial charge in [-0.1, -0.05) is 0 Å². The average Bonchev–Trinajstić information content (AvgIpc) is 2.28. The fraction of sp³-hybridized carbons (Fsp3) is 0.444. The van der Waals surface area contributed by atoms with Gasteiger partial charge in [-0.15, -0.1) is 0 Å². The molecule has 1 heterocycles. The zero-order valence-corrected chi connectivity index (χ0v) is 7.52. The van der Waals surface area contributed by atoms with Crippen LogP contribution in [-0.4, -0.2) is 10.4 Å². The van der Waals surface area contributed by atoms with Gasteiger partial charge < -0.3 is 4.57 Å². The highest BCUT2D eigenvalue weighted by Crippen LogP contribution is 2.15. The number of halogens is 1. The Morgan fingerprint density at radius 3 is 2.58 bits per heavy atom. The quantitative estimate of drug-likeness (QED) is 0.622. The minimum absolute atomic E-state index is 0.190. The molecule has 0 atom stereocenters. The van der Waals surface area contributed by atoms with Crippen molar-refractivity contribution in [3.05, 3.63) is 23.3 Å². The van der Waals surface area contributed by atoms with E-state index in [-0.39, 0.29) is 17.3 Å². The van der Waals surface area contributed by atoms with Crippen LogP contribution in [0.25, 0.3) is 0 Å². The lowest BCUT2D eigenvalue weighted by Crippen LogP contribution is -2.05. The van der Waals surface area contributed by atoms with Crippen LogP contribution in [0, 0.1) is 12.7 Å². The molecule has 0 aliphatic heterocycles. The number of carbonyl (C=O) groups is 1. The Morgan fingerprint density at radius 2 is 2.25 bits per heavy atom. The molecule has 0 aliphatic rings. The third-order valence-corrected chi connectivity index (χ3v) is 1.86. The van der Waals surface area contributed by atoms with Crippen LogP contribution in [0.4, 0.5) is 4.39 Å². The van der Waals surface area contributed by atoms with Gasteiger partial charge in [-0.3, -0.25) is 4.79 Å². The standard InChI is InChI=1S/C9H12FNO/c1-4-11-5-6(2)8(10)9(11)7(3)12/h5H,4H2,1-3H3. The smallest absolute Gasteiger partial charge is 0.179 e. The van der Waals surface area contributed by atoms with E-state index in [1.807, 2.05) is 6.92 Å². The van der Waals surface area contributed by atoms with Gasteiger partial charge in [0.25, 0.3) is 0 Å². The van der Waals surface area contributed by atoms with Crippen molar-refractivity contribution >= 4 is 5.78 Å². The highest BCUT2D eigenvalue weighted by molar-refractivity contribution is 5.93. The lowest BCUT2D eigenvalue weighted by Gasteiger charge is -2.00. The number of aromatic nitrogens is 1. The normalized spacial score (nSPS) is 10.3. The highest BCUT2D eigenvalue weighted by atomic mass is 19.1. The van der Waals surface area contributed by atoms with E-state index in [4.69, 9.17) is 0 Å². The second-order valence-electron chi connectivity index (χ2n) is 2.82. The Morgan fingerprint density at radius 1 is 1.67 bits per heavy atom. The lowest BCUT2D eigenvalue weighted by molar-refractivity contribution is 0.100. The zero-order valence-electron chi connectivity index (χ0n) is 7.52. The molecule has 0 aromatic carbocycles. The van der Waals surface area contributed by atoms with Crippen molar-refractivity contribution in [3.8, 4) is 0 Å². The molecule has 0 spiro atoms. The SMILES string of the molecule is CCn1cc(C)c(F)c1C(C)=O. The Bertz CT molecular complexity index is 315. The Labute approximate surface area is 71.0 Å². The van der Waals surface area contributed by atoms with Crippen LogP contribution in [0.5, 0.6) is 0 Å². The van der Waals surface area contributed by atoms with Crippen molar-refractivity contribution < 1.29 is 9.18 Å². The van der Waals surface area contributed by atoms with Gasteiger partial charge in [0.05, 0.1) is 0 Å².